The van der Waals surface area contributed by atoms with Gasteiger partial charge in [0.1, 0.15) is 0 Å². The van der Waals surface area contributed by atoms with Crippen LogP contribution < -0.4 is 0 Å². The van der Waals surface area contributed by atoms with Gasteiger partial charge >= 0.3 is 6.18 Å². The molecule has 0 saturated heterocycles. The van der Waals surface area contributed by atoms with Gasteiger partial charge in [0.15, 0.2) is 0 Å². The molecule has 0 nitrogen and oxygen atoms in total. The van der Waals surface area contributed by atoms with E-state index >= 15 is 0 Å². The Kier molecular flexibility index (Phi) is 2.86. The van der Waals surface area contributed by atoms with E-state index in [0.717, 1.165) is 18.1 Å². The molecule has 1 aliphatic carbocycles. The molecule has 0 amide bonds. The van der Waals surface area contributed by atoms with Crippen LogP contribution in [0.4, 0.5) is 13.2 Å². The van der Waals surface area contributed by atoms with Gasteiger partial charge in [-0.1, -0.05) is 42.5 Å². The van der Waals surface area contributed by atoms with Gasteiger partial charge in [-0.3, -0.25) is 0 Å². The van der Waals surface area contributed by atoms with E-state index in [9.17, 15) is 13.2 Å². The molecule has 1 aliphatic rings. The molecule has 0 saturated carbocycles. The predicted octanol–water partition coefficient (Wildman–Crippen LogP) is 4.31. The zero-order valence-electron chi connectivity index (χ0n) is 8.54. The summed E-state index contributed by atoms with van der Waals surface area (Å²) in [5.41, 5.74) is 0.142. The summed E-state index contributed by atoms with van der Waals surface area (Å²) >= 11 is 0. The van der Waals surface area contributed by atoms with Crippen LogP contribution in [-0.4, -0.2) is 0 Å². The Morgan fingerprint density at radius 1 is 1.12 bits per heavy atom. The predicted molar refractivity (Wildman–Crippen MR) is 57.1 cm³/mol. The van der Waals surface area contributed by atoms with E-state index in [1.807, 2.05) is 24.3 Å². The number of rotatable bonds is 1. The first-order chi connectivity index (χ1) is 7.57. The van der Waals surface area contributed by atoms with Gasteiger partial charge in [-0.05, 0) is 18.1 Å². The maximum atomic E-state index is 12.5. The molecule has 1 atom stereocenters. The lowest BCUT2D eigenvalue weighted by Gasteiger charge is -2.15. The summed E-state index contributed by atoms with van der Waals surface area (Å²) in [6.07, 6.45) is 4.17. The van der Waals surface area contributed by atoms with Crippen molar-refractivity contribution >= 4 is 0 Å². The third-order valence-corrected chi connectivity index (χ3v) is 2.62. The van der Waals surface area contributed by atoms with Crippen LogP contribution in [0.2, 0.25) is 0 Å². The van der Waals surface area contributed by atoms with E-state index in [2.05, 4.69) is 0 Å². The van der Waals surface area contributed by atoms with Crippen LogP contribution >= 0.6 is 0 Å². The molecule has 0 aliphatic heterocycles. The Morgan fingerprint density at radius 3 is 2.56 bits per heavy atom. The molecule has 0 spiro atoms. The average molecular weight is 224 g/mol. The molecule has 3 heteroatoms. The minimum atomic E-state index is -4.26. The third kappa shape index (κ3) is 2.35. The number of allylic oxidation sites excluding steroid dienone is 4. The highest BCUT2D eigenvalue weighted by Crippen LogP contribution is 2.32. The van der Waals surface area contributed by atoms with Crippen molar-refractivity contribution in [3.63, 3.8) is 0 Å². The van der Waals surface area contributed by atoms with Crippen molar-refractivity contribution < 1.29 is 13.2 Å². The number of alkyl halides is 3. The molecule has 84 valence electrons. The first-order valence-corrected chi connectivity index (χ1v) is 5.08. The Labute approximate surface area is 92.1 Å². The molecule has 1 aromatic rings. The fourth-order valence-electron chi connectivity index (χ4n) is 1.77. The van der Waals surface area contributed by atoms with Gasteiger partial charge in [-0.2, -0.15) is 13.2 Å². The normalized spacial score (nSPS) is 20.1. The molecule has 16 heavy (non-hydrogen) atoms. The van der Waals surface area contributed by atoms with Crippen LogP contribution in [-0.2, 0) is 6.18 Å². The minimum Gasteiger partial charge on any atom is -0.166 e. The highest BCUT2D eigenvalue weighted by molar-refractivity contribution is 5.33. The Balaban J connectivity index is 2.29. The summed E-state index contributed by atoms with van der Waals surface area (Å²) < 4.78 is 37.5. The number of hydrogen-bond donors (Lipinski definition) is 0. The van der Waals surface area contributed by atoms with E-state index in [1.54, 1.807) is 6.07 Å². The van der Waals surface area contributed by atoms with Crippen LogP contribution in [0.1, 0.15) is 23.5 Å². The monoisotopic (exact) mass is 224 g/mol. The fourth-order valence-corrected chi connectivity index (χ4v) is 1.77. The molecule has 0 fully saturated rings. The largest absolute Gasteiger partial charge is 0.416 e. The minimum absolute atomic E-state index is 0.0623. The standard InChI is InChI=1S/C13H11F3/c14-13(15,16)12-8-4-7-11(9-12)10-5-2-1-3-6-10/h1-5,7-10H,6H2. The fraction of sp³-hybridized carbons (Fsp3) is 0.231. The lowest BCUT2D eigenvalue weighted by atomic mass is 9.91. The van der Waals surface area contributed by atoms with Crippen LogP contribution in [0.15, 0.2) is 48.6 Å². The lowest BCUT2D eigenvalue weighted by Crippen LogP contribution is -2.06. The Bertz CT molecular complexity index is 427. The molecular formula is C13H11F3. The summed E-state index contributed by atoms with van der Waals surface area (Å²) in [4.78, 5) is 0. The van der Waals surface area contributed by atoms with E-state index in [4.69, 9.17) is 0 Å². The Hall–Kier alpha value is -1.51. The first-order valence-electron chi connectivity index (χ1n) is 5.08. The molecule has 0 radical (unpaired) electrons. The van der Waals surface area contributed by atoms with Crippen molar-refractivity contribution in [2.24, 2.45) is 0 Å². The number of halogens is 3. The maximum Gasteiger partial charge on any atom is 0.416 e. The van der Waals surface area contributed by atoms with E-state index in [1.165, 1.54) is 12.1 Å². The highest BCUT2D eigenvalue weighted by Gasteiger charge is 2.30. The Morgan fingerprint density at radius 2 is 1.94 bits per heavy atom. The number of benzene rings is 1. The van der Waals surface area contributed by atoms with Crippen LogP contribution in [0.5, 0.6) is 0 Å². The summed E-state index contributed by atoms with van der Waals surface area (Å²) in [5, 5.41) is 0. The second-order valence-corrected chi connectivity index (χ2v) is 3.78. The highest BCUT2D eigenvalue weighted by atomic mass is 19.4. The maximum absolute atomic E-state index is 12.5. The van der Waals surface area contributed by atoms with E-state index < -0.39 is 11.7 Å². The molecule has 0 N–H and O–H groups in total. The molecule has 0 heterocycles. The second kappa shape index (κ2) is 4.16. The quantitative estimate of drug-likeness (QED) is 0.667. The summed E-state index contributed by atoms with van der Waals surface area (Å²) in [7, 11) is 0. The SMILES string of the molecule is FC(F)(F)c1cccc(C2C=CC=CC2)c1. The van der Waals surface area contributed by atoms with Crippen molar-refractivity contribution in [2.75, 3.05) is 0 Å². The van der Waals surface area contributed by atoms with Crippen molar-refractivity contribution in [3.05, 3.63) is 59.7 Å². The lowest BCUT2D eigenvalue weighted by molar-refractivity contribution is -0.137. The van der Waals surface area contributed by atoms with Gasteiger partial charge in [0.2, 0.25) is 0 Å². The van der Waals surface area contributed by atoms with Crippen molar-refractivity contribution in [3.8, 4) is 0 Å². The molecule has 1 aromatic carbocycles. The second-order valence-electron chi connectivity index (χ2n) is 3.78. The topological polar surface area (TPSA) is 0 Å². The van der Waals surface area contributed by atoms with Gasteiger partial charge in [-0.25, -0.2) is 0 Å². The van der Waals surface area contributed by atoms with Gasteiger partial charge in [-0.15, -0.1) is 0 Å². The van der Waals surface area contributed by atoms with Gasteiger partial charge in [0.05, 0.1) is 5.56 Å². The summed E-state index contributed by atoms with van der Waals surface area (Å²) in [6, 6.07) is 5.54. The third-order valence-electron chi connectivity index (χ3n) is 2.62. The zero-order chi connectivity index (χ0) is 11.6. The number of hydrogen-bond acceptors (Lipinski definition) is 0. The van der Waals surface area contributed by atoms with Crippen molar-refractivity contribution in [1.82, 2.24) is 0 Å². The van der Waals surface area contributed by atoms with Crippen molar-refractivity contribution in [2.45, 2.75) is 18.5 Å². The summed E-state index contributed by atoms with van der Waals surface area (Å²) in [6.45, 7) is 0. The molecule has 2 rings (SSSR count). The molecular weight excluding hydrogens is 213 g/mol. The van der Waals surface area contributed by atoms with Gasteiger partial charge in [0, 0.05) is 5.92 Å². The van der Waals surface area contributed by atoms with E-state index in [0.29, 0.717) is 0 Å². The summed E-state index contributed by atoms with van der Waals surface area (Å²) in [5.74, 6) is 0.0623. The molecule has 0 aromatic heterocycles. The molecule has 0 bridgehead atoms. The van der Waals surface area contributed by atoms with Gasteiger partial charge < -0.3 is 0 Å². The zero-order valence-corrected chi connectivity index (χ0v) is 8.54. The smallest absolute Gasteiger partial charge is 0.166 e. The van der Waals surface area contributed by atoms with E-state index in [-0.39, 0.29) is 5.92 Å². The van der Waals surface area contributed by atoms with Crippen molar-refractivity contribution in [1.29, 1.82) is 0 Å². The average Bonchev–Trinajstić information content (AvgIpc) is 2.29. The van der Waals surface area contributed by atoms with Crippen LogP contribution in [0.25, 0.3) is 0 Å². The first kappa shape index (κ1) is 11.0. The van der Waals surface area contributed by atoms with Crippen LogP contribution in [0, 0.1) is 0 Å². The van der Waals surface area contributed by atoms with Gasteiger partial charge in [0.25, 0.3) is 0 Å². The van der Waals surface area contributed by atoms with Crippen LogP contribution in [0.3, 0.4) is 0 Å². The molecule has 1 unspecified atom stereocenters.